The highest BCUT2D eigenvalue weighted by molar-refractivity contribution is 7.08. The van der Waals surface area contributed by atoms with Gasteiger partial charge in [-0.15, -0.1) is 24.8 Å². The van der Waals surface area contributed by atoms with E-state index in [9.17, 15) is 4.79 Å². The van der Waals surface area contributed by atoms with E-state index >= 15 is 0 Å². The molecule has 2 saturated heterocycles. The van der Waals surface area contributed by atoms with Crippen LogP contribution in [0.4, 0.5) is 0 Å². The molecular formula is C20H30Cl2N4O2S. The summed E-state index contributed by atoms with van der Waals surface area (Å²) in [5, 5.41) is 10.5. The lowest BCUT2D eigenvalue weighted by Gasteiger charge is -2.32. The third kappa shape index (κ3) is 6.18. The Labute approximate surface area is 188 Å². The molecule has 0 radical (unpaired) electrons. The van der Waals surface area contributed by atoms with Crippen LogP contribution in [0.1, 0.15) is 37.1 Å². The molecule has 2 fully saturated rings. The maximum Gasteiger partial charge on any atom is 0.237 e. The Kier molecular flexibility index (Phi) is 9.43. The van der Waals surface area contributed by atoms with Crippen molar-refractivity contribution in [3.05, 3.63) is 28.3 Å². The van der Waals surface area contributed by atoms with Gasteiger partial charge in [-0.05, 0) is 63.1 Å². The van der Waals surface area contributed by atoms with E-state index in [1.165, 1.54) is 6.42 Å². The number of rotatable bonds is 6. The average Bonchev–Trinajstić information content (AvgIpc) is 3.43. The van der Waals surface area contributed by atoms with Crippen molar-refractivity contribution in [1.29, 1.82) is 0 Å². The second-order valence-corrected chi connectivity index (χ2v) is 8.45. The summed E-state index contributed by atoms with van der Waals surface area (Å²) in [7, 11) is 0. The number of aromatic nitrogens is 1. The van der Waals surface area contributed by atoms with Gasteiger partial charge in [0.1, 0.15) is 5.76 Å². The van der Waals surface area contributed by atoms with Crippen molar-refractivity contribution in [2.45, 2.75) is 45.2 Å². The lowest BCUT2D eigenvalue weighted by atomic mass is 9.97. The molecule has 0 aliphatic carbocycles. The monoisotopic (exact) mass is 460 g/mol. The molecule has 2 aromatic rings. The number of hydrogen-bond acceptors (Lipinski definition) is 6. The maximum absolute atomic E-state index is 12.2. The van der Waals surface area contributed by atoms with Crippen molar-refractivity contribution in [2.75, 3.05) is 26.2 Å². The number of amides is 1. The molecule has 2 aliphatic heterocycles. The molecule has 2 aromatic heterocycles. The summed E-state index contributed by atoms with van der Waals surface area (Å²) in [5.74, 6) is 2.29. The highest BCUT2D eigenvalue weighted by Crippen LogP contribution is 2.25. The van der Waals surface area contributed by atoms with E-state index in [1.54, 1.807) is 11.3 Å². The number of halogens is 2. The van der Waals surface area contributed by atoms with Crippen LogP contribution >= 0.6 is 36.2 Å². The van der Waals surface area contributed by atoms with Crippen LogP contribution in [0.15, 0.2) is 21.2 Å². The molecule has 0 aromatic carbocycles. The number of aryl methyl sites for hydroxylation is 1. The van der Waals surface area contributed by atoms with Crippen LogP contribution in [-0.2, 0) is 11.3 Å². The van der Waals surface area contributed by atoms with Gasteiger partial charge in [0.25, 0.3) is 0 Å². The number of oxazole rings is 1. The van der Waals surface area contributed by atoms with Crippen LogP contribution in [0.2, 0.25) is 0 Å². The van der Waals surface area contributed by atoms with Gasteiger partial charge in [-0.3, -0.25) is 9.69 Å². The Morgan fingerprint density at radius 3 is 2.97 bits per heavy atom. The molecule has 2 aliphatic rings. The fourth-order valence-electron chi connectivity index (χ4n) is 4.03. The molecule has 162 valence electrons. The van der Waals surface area contributed by atoms with Gasteiger partial charge in [-0.25, -0.2) is 4.98 Å². The van der Waals surface area contributed by atoms with Crippen LogP contribution in [0, 0.1) is 12.8 Å². The lowest BCUT2D eigenvalue weighted by Crippen LogP contribution is -2.45. The summed E-state index contributed by atoms with van der Waals surface area (Å²) in [6.07, 6.45) is 4.39. The molecular weight excluding hydrogens is 431 g/mol. The maximum atomic E-state index is 12.2. The first-order valence-corrected chi connectivity index (χ1v) is 10.9. The highest BCUT2D eigenvalue weighted by Gasteiger charge is 2.25. The molecule has 9 heteroatoms. The van der Waals surface area contributed by atoms with Crippen LogP contribution in [-0.4, -0.2) is 48.0 Å². The Bertz CT molecular complexity index is 763. The quantitative estimate of drug-likeness (QED) is 0.688. The Hall–Kier alpha value is -1.12. The number of nitrogens with zero attached hydrogens (tertiary/aromatic N) is 2. The number of piperidine rings is 1. The van der Waals surface area contributed by atoms with Crippen LogP contribution in [0.3, 0.4) is 0 Å². The molecule has 2 N–H and O–H groups in total. The summed E-state index contributed by atoms with van der Waals surface area (Å²) < 4.78 is 5.87. The van der Waals surface area contributed by atoms with Crippen molar-refractivity contribution in [3.8, 4) is 11.5 Å². The average molecular weight is 461 g/mol. The molecule has 1 amide bonds. The number of carbonyl (C=O) groups excluding carboxylic acids is 1. The van der Waals surface area contributed by atoms with Gasteiger partial charge in [0, 0.05) is 30.6 Å². The van der Waals surface area contributed by atoms with Crippen LogP contribution in [0.5, 0.6) is 0 Å². The molecule has 4 heterocycles. The van der Waals surface area contributed by atoms with Crippen molar-refractivity contribution < 1.29 is 9.21 Å². The zero-order valence-corrected chi connectivity index (χ0v) is 19.1. The first-order chi connectivity index (χ1) is 13.2. The van der Waals surface area contributed by atoms with Crippen LogP contribution in [0.25, 0.3) is 11.5 Å². The minimum Gasteiger partial charge on any atom is -0.441 e. The van der Waals surface area contributed by atoms with E-state index < -0.39 is 0 Å². The van der Waals surface area contributed by atoms with E-state index in [-0.39, 0.29) is 36.8 Å². The van der Waals surface area contributed by atoms with Crippen molar-refractivity contribution in [2.24, 2.45) is 5.92 Å². The summed E-state index contributed by atoms with van der Waals surface area (Å²) in [6, 6.07) is 2.05. The van der Waals surface area contributed by atoms with Crippen molar-refractivity contribution in [1.82, 2.24) is 20.5 Å². The number of nitrogens with one attached hydrogen (secondary N) is 2. The van der Waals surface area contributed by atoms with Crippen molar-refractivity contribution in [3.63, 3.8) is 0 Å². The molecule has 2 atom stereocenters. The van der Waals surface area contributed by atoms with E-state index in [1.807, 2.05) is 18.4 Å². The summed E-state index contributed by atoms with van der Waals surface area (Å²) >= 11 is 1.65. The summed E-state index contributed by atoms with van der Waals surface area (Å²) in [6.45, 7) is 6.61. The van der Waals surface area contributed by atoms with Gasteiger partial charge in [-0.1, -0.05) is 0 Å². The van der Waals surface area contributed by atoms with Gasteiger partial charge in [0.2, 0.25) is 11.8 Å². The normalized spacial score (nSPS) is 22.0. The number of thiophene rings is 1. The van der Waals surface area contributed by atoms with Gasteiger partial charge < -0.3 is 15.1 Å². The number of hydrogen-bond donors (Lipinski definition) is 2. The summed E-state index contributed by atoms with van der Waals surface area (Å²) in [5.41, 5.74) is 2.07. The summed E-state index contributed by atoms with van der Waals surface area (Å²) in [4.78, 5) is 19.4. The van der Waals surface area contributed by atoms with Crippen molar-refractivity contribution >= 4 is 42.1 Å². The minimum atomic E-state index is 0. The predicted molar refractivity (Wildman–Crippen MR) is 121 cm³/mol. The third-order valence-corrected chi connectivity index (χ3v) is 6.26. The largest absolute Gasteiger partial charge is 0.441 e. The molecule has 0 bridgehead atoms. The third-order valence-electron chi connectivity index (χ3n) is 5.58. The molecule has 0 saturated carbocycles. The Morgan fingerprint density at radius 1 is 1.38 bits per heavy atom. The first-order valence-electron chi connectivity index (χ1n) is 9.91. The van der Waals surface area contributed by atoms with Gasteiger partial charge in [0.05, 0.1) is 11.7 Å². The smallest absolute Gasteiger partial charge is 0.237 e. The second-order valence-electron chi connectivity index (χ2n) is 7.67. The molecule has 29 heavy (non-hydrogen) atoms. The topological polar surface area (TPSA) is 70.4 Å². The predicted octanol–water partition coefficient (Wildman–Crippen LogP) is 3.64. The van der Waals surface area contributed by atoms with E-state index in [4.69, 9.17) is 9.40 Å². The molecule has 2 unspecified atom stereocenters. The van der Waals surface area contributed by atoms with Gasteiger partial charge in [0.15, 0.2) is 0 Å². The number of carbonyl (C=O) groups is 1. The van der Waals surface area contributed by atoms with E-state index in [2.05, 4.69) is 20.9 Å². The fourth-order valence-corrected chi connectivity index (χ4v) is 4.66. The zero-order chi connectivity index (χ0) is 18.6. The minimum absolute atomic E-state index is 0. The van der Waals surface area contributed by atoms with Gasteiger partial charge >= 0.3 is 0 Å². The number of likely N-dealkylation sites (tertiary alicyclic amines) is 1. The fraction of sp³-hybridized carbons (Fsp3) is 0.600. The van der Waals surface area contributed by atoms with E-state index in [0.717, 1.165) is 69.0 Å². The molecule has 4 rings (SSSR count). The Morgan fingerprint density at radius 2 is 2.24 bits per heavy atom. The zero-order valence-electron chi connectivity index (χ0n) is 16.7. The van der Waals surface area contributed by atoms with E-state index in [0.29, 0.717) is 11.8 Å². The lowest BCUT2D eigenvalue weighted by molar-refractivity contribution is -0.123. The molecule has 6 nitrogen and oxygen atoms in total. The standard InChI is InChI=1S/C20H28N4O2S.2ClH/c1-14-18(23-20(26-14)16-6-9-27-13-16)12-24-8-3-4-15(11-24)10-22-19(25)17-5-2-7-21-17;;/h6,9,13,15,17,21H,2-5,7-8,10-12H2,1H3,(H,22,25);2*1H. The SMILES string of the molecule is Cc1oc(-c2ccsc2)nc1CN1CCCC(CNC(=O)C2CCCN2)C1.Cl.Cl. The first kappa shape index (κ1) is 24.2. The second kappa shape index (κ2) is 11.3. The van der Waals surface area contributed by atoms with Gasteiger partial charge in [-0.2, -0.15) is 11.3 Å². The highest BCUT2D eigenvalue weighted by atomic mass is 35.5. The Balaban J connectivity index is 0.00000150. The van der Waals surface area contributed by atoms with Crippen LogP contribution < -0.4 is 10.6 Å². The molecule has 0 spiro atoms.